The predicted octanol–water partition coefficient (Wildman–Crippen LogP) is 1.26. The highest BCUT2D eigenvalue weighted by atomic mass is 79.9. The van der Waals surface area contributed by atoms with Crippen LogP contribution in [0.1, 0.15) is 10.4 Å². The van der Waals surface area contributed by atoms with Crippen LogP contribution in [-0.2, 0) is 11.3 Å². The molecule has 0 saturated heterocycles. The van der Waals surface area contributed by atoms with Crippen LogP contribution in [0.3, 0.4) is 0 Å². The number of primary amides is 1. The van der Waals surface area contributed by atoms with E-state index in [1.54, 1.807) is 24.3 Å². The highest BCUT2D eigenvalue weighted by molar-refractivity contribution is 9.10. The molecule has 0 aliphatic rings. The number of carbonyl (C=O) groups is 2. The van der Waals surface area contributed by atoms with Crippen LogP contribution in [0.5, 0.6) is 0 Å². The van der Waals surface area contributed by atoms with Crippen molar-refractivity contribution in [2.24, 2.45) is 5.73 Å². The van der Waals surface area contributed by atoms with Gasteiger partial charge in [0, 0.05) is 10.5 Å². The SMILES string of the molecule is NC(=O)c1cc([N+](=O)[O-])cn(CC(=O)Nc2ccccc2Br)c1=O. The molecule has 10 heteroatoms. The van der Waals surface area contributed by atoms with E-state index in [0.717, 1.165) is 16.8 Å². The van der Waals surface area contributed by atoms with E-state index in [2.05, 4.69) is 21.2 Å². The fraction of sp³-hybridized carbons (Fsp3) is 0.0714. The fourth-order valence-corrected chi connectivity index (χ4v) is 2.30. The highest BCUT2D eigenvalue weighted by Gasteiger charge is 2.18. The number of halogens is 1. The second kappa shape index (κ2) is 7.04. The standard InChI is InChI=1S/C14H11BrN4O5/c15-10-3-1-2-4-11(10)17-12(20)7-18-6-8(19(23)24)5-9(13(16)21)14(18)22/h1-6H,7H2,(H2,16,21)(H,17,20). The summed E-state index contributed by atoms with van der Waals surface area (Å²) in [5.41, 5.74) is 3.56. The van der Waals surface area contributed by atoms with Gasteiger partial charge in [-0.25, -0.2) is 0 Å². The normalized spacial score (nSPS) is 10.2. The van der Waals surface area contributed by atoms with Crippen molar-refractivity contribution in [2.75, 3.05) is 5.32 Å². The second-order valence-electron chi connectivity index (χ2n) is 4.69. The third-order valence-electron chi connectivity index (χ3n) is 3.01. The molecule has 0 atom stereocenters. The molecule has 0 aliphatic heterocycles. The van der Waals surface area contributed by atoms with Crippen molar-refractivity contribution in [3.05, 3.63) is 67.0 Å². The van der Waals surface area contributed by atoms with Crippen LogP contribution < -0.4 is 16.6 Å². The molecular weight excluding hydrogens is 384 g/mol. The van der Waals surface area contributed by atoms with E-state index in [-0.39, 0.29) is 0 Å². The zero-order valence-corrected chi connectivity index (χ0v) is 13.6. The van der Waals surface area contributed by atoms with E-state index < -0.39 is 40.1 Å². The van der Waals surface area contributed by atoms with Gasteiger partial charge in [-0.05, 0) is 28.1 Å². The maximum absolute atomic E-state index is 12.1. The lowest BCUT2D eigenvalue weighted by Gasteiger charge is -2.09. The molecule has 24 heavy (non-hydrogen) atoms. The average molecular weight is 395 g/mol. The van der Waals surface area contributed by atoms with Gasteiger partial charge < -0.3 is 11.1 Å². The molecule has 1 aromatic carbocycles. The molecule has 2 amide bonds. The van der Waals surface area contributed by atoms with Gasteiger partial charge in [-0.15, -0.1) is 0 Å². The Hall–Kier alpha value is -3.01. The highest BCUT2D eigenvalue weighted by Crippen LogP contribution is 2.21. The van der Waals surface area contributed by atoms with Crippen LogP contribution in [0.4, 0.5) is 11.4 Å². The zero-order valence-electron chi connectivity index (χ0n) is 12.1. The van der Waals surface area contributed by atoms with E-state index in [0.29, 0.717) is 10.2 Å². The summed E-state index contributed by atoms with van der Waals surface area (Å²) in [6.45, 7) is -0.512. The summed E-state index contributed by atoms with van der Waals surface area (Å²) in [6, 6.07) is 7.58. The Morgan fingerprint density at radius 2 is 2.00 bits per heavy atom. The number of benzene rings is 1. The monoisotopic (exact) mass is 394 g/mol. The van der Waals surface area contributed by atoms with Gasteiger partial charge in [-0.1, -0.05) is 12.1 Å². The summed E-state index contributed by atoms with van der Waals surface area (Å²) in [5.74, 6) is -1.71. The Balaban J connectivity index is 2.33. The van der Waals surface area contributed by atoms with E-state index >= 15 is 0 Å². The summed E-state index contributed by atoms with van der Waals surface area (Å²) in [4.78, 5) is 45.5. The van der Waals surface area contributed by atoms with E-state index in [9.17, 15) is 24.5 Å². The van der Waals surface area contributed by atoms with E-state index in [1.165, 1.54) is 0 Å². The summed E-state index contributed by atoms with van der Waals surface area (Å²) in [7, 11) is 0. The first-order valence-corrected chi connectivity index (χ1v) is 7.32. The van der Waals surface area contributed by atoms with Crippen molar-refractivity contribution < 1.29 is 14.5 Å². The van der Waals surface area contributed by atoms with Crippen molar-refractivity contribution >= 4 is 39.1 Å². The number of nitrogens with zero attached hydrogens (tertiary/aromatic N) is 2. The van der Waals surface area contributed by atoms with Gasteiger partial charge in [0.2, 0.25) is 5.91 Å². The first kappa shape index (κ1) is 17.3. The minimum atomic E-state index is -1.11. The van der Waals surface area contributed by atoms with Gasteiger partial charge in [0.1, 0.15) is 12.1 Å². The predicted molar refractivity (Wildman–Crippen MR) is 88.6 cm³/mol. The van der Waals surface area contributed by atoms with Gasteiger partial charge >= 0.3 is 0 Å². The lowest BCUT2D eigenvalue weighted by Crippen LogP contribution is -2.33. The molecule has 0 aliphatic carbocycles. The first-order chi connectivity index (χ1) is 11.3. The first-order valence-electron chi connectivity index (χ1n) is 6.52. The smallest absolute Gasteiger partial charge is 0.286 e. The Labute approximate surface area is 143 Å². The van der Waals surface area contributed by atoms with E-state index in [1.807, 2.05) is 0 Å². The number of para-hydroxylation sites is 1. The fourth-order valence-electron chi connectivity index (χ4n) is 1.92. The van der Waals surface area contributed by atoms with Crippen molar-refractivity contribution in [2.45, 2.75) is 6.54 Å². The third kappa shape index (κ3) is 3.84. The maximum atomic E-state index is 12.1. The Morgan fingerprint density at radius 3 is 2.58 bits per heavy atom. The van der Waals surface area contributed by atoms with Crippen LogP contribution >= 0.6 is 15.9 Å². The number of nitro groups is 1. The summed E-state index contributed by atoms with van der Waals surface area (Å²) < 4.78 is 1.40. The number of amides is 2. The summed E-state index contributed by atoms with van der Waals surface area (Å²) in [6.07, 6.45) is 0.883. The second-order valence-corrected chi connectivity index (χ2v) is 5.55. The molecule has 1 aromatic heterocycles. The number of rotatable bonds is 5. The molecule has 124 valence electrons. The molecule has 0 unspecified atom stereocenters. The molecule has 0 radical (unpaired) electrons. The molecule has 0 spiro atoms. The number of hydrogen-bond donors (Lipinski definition) is 2. The van der Waals surface area contributed by atoms with Crippen LogP contribution in [-0.4, -0.2) is 21.3 Å². The number of nitrogens with one attached hydrogen (secondary N) is 1. The van der Waals surface area contributed by atoms with Gasteiger partial charge in [0.15, 0.2) is 0 Å². The Kier molecular flexibility index (Phi) is 5.09. The Bertz CT molecular complexity index is 893. The van der Waals surface area contributed by atoms with Crippen molar-refractivity contribution in [1.82, 2.24) is 4.57 Å². The van der Waals surface area contributed by atoms with Crippen molar-refractivity contribution in [3.63, 3.8) is 0 Å². The van der Waals surface area contributed by atoms with Crippen LogP contribution in [0, 0.1) is 10.1 Å². The lowest BCUT2D eigenvalue weighted by atomic mass is 10.2. The van der Waals surface area contributed by atoms with Gasteiger partial charge in [0.05, 0.1) is 16.8 Å². The summed E-state index contributed by atoms with van der Waals surface area (Å²) >= 11 is 3.25. The number of carbonyl (C=O) groups excluding carboxylic acids is 2. The van der Waals surface area contributed by atoms with Crippen LogP contribution in [0.15, 0.2) is 45.8 Å². The Morgan fingerprint density at radius 1 is 1.33 bits per heavy atom. The topological polar surface area (TPSA) is 137 Å². The third-order valence-corrected chi connectivity index (χ3v) is 3.70. The molecule has 3 N–H and O–H groups in total. The van der Waals surface area contributed by atoms with Gasteiger partial charge in [0.25, 0.3) is 17.2 Å². The molecule has 0 fully saturated rings. The number of anilines is 1. The largest absolute Gasteiger partial charge is 0.365 e. The molecule has 1 heterocycles. The quantitative estimate of drug-likeness (QED) is 0.580. The lowest BCUT2D eigenvalue weighted by molar-refractivity contribution is -0.385. The zero-order chi connectivity index (χ0) is 17.9. The number of pyridine rings is 1. The molecule has 2 rings (SSSR count). The average Bonchev–Trinajstić information content (AvgIpc) is 2.51. The molecule has 0 saturated carbocycles. The number of nitrogens with two attached hydrogens (primary N) is 1. The van der Waals surface area contributed by atoms with Crippen molar-refractivity contribution in [3.8, 4) is 0 Å². The van der Waals surface area contributed by atoms with E-state index in [4.69, 9.17) is 5.73 Å². The molecule has 2 aromatic rings. The molecule has 9 nitrogen and oxygen atoms in total. The minimum absolute atomic E-state index is 0.469. The van der Waals surface area contributed by atoms with Crippen LogP contribution in [0.2, 0.25) is 0 Å². The molecule has 0 bridgehead atoms. The van der Waals surface area contributed by atoms with Crippen molar-refractivity contribution in [1.29, 1.82) is 0 Å². The molecular formula is C14H11BrN4O5. The summed E-state index contributed by atoms with van der Waals surface area (Å²) in [5, 5.41) is 13.4. The van der Waals surface area contributed by atoms with Crippen LogP contribution in [0.25, 0.3) is 0 Å². The minimum Gasteiger partial charge on any atom is -0.365 e. The maximum Gasteiger partial charge on any atom is 0.286 e. The number of aromatic nitrogens is 1. The van der Waals surface area contributed by atoms with Gasteiger partial charge in [-0.2, -0.15) is 0 Å². The number of hydrogen-bond acceptors (Lipinski definition) is 5. The van der Waals surface area contributed by atoms with Gasteiger partial charge in [-0.3, -0.25) is 29.1 Å².